The fourth-order valence-corrected chi connectivity index (χ4v) is 1.66. The molecule has 0 fully saturated rings. The first-order valence-electron chi connectivity index (χ1n) is 7.49. The summed E-state index contributed by atoms with van der Waals surface area (Å²) in [5, 5.41) is 6.92. The summed E-state index contributed by atoms with van der Waals surface area (Å²) in [5.74, 6) is 0.141. The minimum atomic E-state index is -0.590. The molecule has 0 aliphatic carbocycles. The lowest BCUT2D eigenvalue weighted by molar-refractivity contribution is -0.117. The summed E-state index contributed by atoms with van der Waals surface area (Å²) in [6, 6.07) is 1.72. The third-order valence-electron chi connectivity index (χ3n) is 2.77. The fourth-order valence-electron chi connectivity index (χ4n) is 1.66. The summed E-state index contributed by atoms with van der Waals surface area (Å²) in [5.41, 5.74) is -0.590. The van der Waals surface area contributed by atoms with Crippen molar-refractivity contribution in [2.24, 2.45) is 0 Å². The van der Waals surface area contributed by atoms with Crippen LogP contribution < -0.4 is 5.32 Å². The van der Waals surface area contributed by atoms with Crippen LogP contribution in [-0.2, 0) is 16.1 Å². The molecule has 0 aliphatic rings. The summed E-state index contributed by atoms with van der Waals surface area (Å²) >= 11 is 0. The van der Waals surface area contributed by atoms with Crippen LogP contribution in [0.2, 0.25) is 0 Å². The molecule has 1 rings (SSSR count). The van der Waals surface area contributed by atoms with E-state index in [0.717, 1.165) is 13.1 Å². The Morgan fingerprint density at radius 3 is 2.52 bits per heavy atom. The van der Waals surface area contributed by atoms with E-state index in [9.17, 15) is 9.59 Å². The highest BCUT2D eigenvalue weighted by Crippen LogP contribution is 2.09. The molecule has 0 saturated heterocycles. The summed E-state index contributed by atoms with van der Waals surface area (Å²) in [6.45, 7) is 6.83. The molecule has 23 heavy (non-hydrogen) atoms. The molecular weight excluding hydrogens is 298 g/mol. The van der Waals surface area contributed by atoms with Crippen molar-refractivity contribution in [2.45, 2.75) is 32.9 Å². The molecule has 130 valence electrons. The number of carbonyl (C=O) groups is 2. The zero-order chi connectivity index (χ0) is 17.6. The Hall–Kier alpha value is -2.09. The number of likely N-dealkylation sites (N-methyl/N-ethyl adjacent to an activating group) is 2. The Morgan fingerprint density at radius 2 is 1.96 bits per heavy atom. The molecule has 0 aromatic carbocycles. The van der Waals surface area contributed by atoms with E-state index >= 15 is 0 Å². The van der Waals surface area contributed by atoms with Crippen molar-refractivity contribution < 1.29 is 14.3 Å². The van der Waals surface area contributed by atoms with Crippen molar-refractivity contribution >= 4 is 17.8 Å². The zero-order valence-corrected chi connectivity index (χ0v) is 14.8. The van der Waals surface area contributed by atoms with E-state index in [2.05, 4.69) is 15.3 Å². The highest BCUT2D eigenvalue weighted by atomic mass is 16.6. The Kier molecular flexibility index (Phi) is 6.56. The van der Waals surface area contributed by atoms with Crippen molar-refractivity contribution in [1.29, 1.82) is 0 Å². The second-order valence-corrected chi connectivity index (χ2v) is 6.65. The zero-order valence-electron chi connectivity index (χ0n) is 14.8. The van der Waals surface area contributed by atoms with Gasteiger partial charge in [-0.15, -0.1) is 0 Å². The molecular formula is C15H27N5O3. The van der Waals surface area contributed by atoms with Gasteiger partial charge in [0.25, 0.3) is 0 Å². The minimum Gasteiger partial charge on any atom is -0.444 e. The molecule has 0 bridgehead atoms. The number of anilines is 1. The molecule has 8 heteroatoms. The first-order valence-corrected chi connectivity index (χ1v) is 7.49. The van der Waals surface area contributed by atoms with Gasteiger partial charge in [0.15, 0.2) is 5.82 Å². The highest BCUT2D eigenvalue weighted by molar-refractivity contribution is 5.92. The summed E-state index contributed by atoms with van der Waals surface area (Å²) in [6.07, 6.45) is 1.26. The average molecular weight is 325 g/mol. The van der Waals surface area contributed by atoms with Crippen LogP contribution in [0.4, 0.5) is 10.6 Å². The van der Waals surface area contributed by atoms with Gasteiger partial charge in [0.2, 0.25) is 5.91 Å². The lowest BCUT2D eigenvalue weighted by atomic mass is 10.2. The second kappa shape index (κ2) is 7.96. The molecule has 8 nitrogen and oxygen atoms in total. The SMILES string of the molecule is CN(C)CCn1ccc(NC(=O)CN(C)C(=O)OC(C)(C)C)n1. The monoisotopic (exact) mass is 325 g/mol. The molecule has 1 N–H and O–H groups in total. The van der Waals surface area contributed by atoms with Gasteiger partial charge < -0.3 is 19.9 Å². The van der Waals surface area contributed by atoms with E-state index < -0.39 is 11.7 Å². The number of aromatic nitrogens is 2. The fraction of sp³-hybridized carbons (Fsp3) is 0.667. The van der Waals surface area contributed by atoms with E-state index in [1.165, 1.54) is 11.9 Å². The molecule has 1 aromatic rings. The predicted molar refractivity (Wildman–Crippen MR) is 88.3 cm³/mol. The van der Waals surface area contributed by atoms with Crippen LogP contribution in [0, 0.1) is 0 Å². The lowest BCUT2D eigenvalue weighted by Gasteiger charge is -2.24. The number of nitrogens with zero attached hydrogens (tertiary/aromatic N) is 4. The average Bonchev–Trinajstić information content (AvgIpc) is 2.81. The van der Waals surface area contributed by atoms with Crippen LogP contribution in [0.5, 0.6) is 0 Å². The maximum atomic E-state index is 12.0. The van der Waals surface area contributed by atoms with E-state index in [4.69, 9.17) is 4.74 Å². The van der Waals surface area contributed by atoms with Crippen LogP contribution in [0.15, 0.2) is 12.3 Å². The van der Waals surface area contributed by atoms with E-state index in [1.54, 1.807) is 37.7 Å². The molecule has 0 saturated carbocycles. The van der Waals surface area contributed by atoms with Gasteiger partial charge in [-0.25, -0.2) is 4.79 Å². The van der Waals surface area contributed by atoms with E-state index in [-0.39, 0.29) is 12.5 Å². The number of hydrogen-bond donors (Lipinski definition) is 1. The van der Waals surface area contributed by atoms with Gasteiger partial charge >= 0.3 is 6.09 Å². The number of amides is 2. The minimum absolute atomic E-state index is 0.0977. The van der Waals surface area contributed by atoms with Crippen LogP contribution in [0.3, 0.4) is 0 Å². The Labute approximate surface area is 137 Å². The van der Waals surface area contributed by atoms with Gasteiger partial charge in [0.1, 0.15) is 12.1 Å². The third kappa shape index (κ3) is 7.64. The summed E-state index contributed by atoms with van der Waals surface area (Å²) < 4.78 is 6.95. The quantitative estimate of drug-likeness (QED) is 0.851. The summed E-state index contributed by atoms with van der Waals surface area (Å²) in [7, 11) is 5.49. The molecule has 0 spiro atoms. The Morgan fingerprint density at radius 1 is 1.30 bits per heavy atom. The number of carbonyl (C=O) groups excluding carboxylic acids is 2. The first kappa shape index (κ1) is 19.0. The summed E-state index contributed by atoms with van der Waals surface area (Å²) in [4.78, 5) is 27.0. The normalized spacial score (nSPS) is 11.4. The van der Waals surface area contributed by atoms with Gasteiger partial charge in [-0.2, -0.15) is 5.10 Å². The molecule has 0 unspecified atom stereocenters. The highest BCUT2D eigenvalue weighted by Gasteiger charge is 2.21. The predicted octanol–water partition coefficient (Wildman–Crippen LogP) is 1.25. The topological polar surface area (TPSA) is 79.7 Å². The molecule has 0 aliphatic heterocycles. The largest absolute Gasteiger partial charge is 0.444 e. The van der Waals surface area contributed by atoms with Crippen molar-refractivity contribution in [2.75, 3.05) is 39.5 Å². The standard InChI is InChI=1S/C15H27N5O3/c1-15(2,3)23-14(22)19(6)11-13(21)16-12-7-8-20(17-12)10-9-18(4)5/h7-8H,9-11H2,1-6H3,(H,16,17,21). The molecule has 0 radical (unpaired) electrons. The second-order valence-electron chi connectivity index (χ2n) is 6.65. The maximum absolute atomic E-state index is 12.0. The van der Waals surface area contributed by atoms with Crippen molar-refractivity contribution in [1.82, 2.24) is 19.6 Å². The molecule has 1 heterocycles. The first-order chi connectivity index (χ1) is 10.6. The number of hydrogen-bond acceptors (Lipinski definition) is 5. The molecule has 1 aromatic heterocycles. The van der Waals surface area contributed by atoms with E-state index in [0.29, 0.717) is 5.82 Å². The Balaban J connectivity index is 2.45. The van der Waals surface area contributed by atoms with Gasteiger partial charge in [-0.3, -0.25) is 9.48 Å². The van der Waals surface area contributed by atoms with Crippen molar-refractivity contribution in [3.05, 3.63) is 12.3 Å². The van der Waals surface area contributed by atoms with Gasteiger partial charge in [-0.1, -0.05) is 0 Å². The van der Waals surface area contributed by atoms with Gasteiger partial charge in [-0.05, 0) is 34.9 Å². The van der Waals surface area contributed by atoms with Crippen LogP contribution >= 0.6 is 0 Å². The van der Waals surface area contributed by atoms with Gasteiger partial charge in [0, 0.05) is 25.9 Å². The third-order valence-corrected chi connectivity index (χ3v) is 2.77. The van der Waals surface area contributed by atoms with Crippen LogP contribution in [0.25, 0.3) is 0 Å². The smallest absolute Gasteiger partial charge is 0.410 e. The van der Waals surface area contributed by atoms with Gasteiger partial charge in [0.05, 0.1) is 6.54 Å². The van der Waals surface area contributed by atoms with Crippen molar-refractivity contribution in [3.63, 3.8) is 0 Å². The number of ether oxygens (including phenoxy) is 1. The van der Waals surface area contributed by atoms with E-state index in [1.807, 2.05) is 14.1 Å². The van der Waals surface area contributed by atoms with Crippen LogP contribution in [0.1, 0.15) is 20.8 Å². The van der Waals surface area contributed by atoms with Crippen LogP contribution in [-0.4, -0.2) is 71.4 Å². The lowest BCUT2D eigenvalue weighted by Crippen LogP contribution is -2.38. The maximum Gasteiger partial charge on any atom is 0.410 e. The Bertz CT molecular complexity index is 533. The van der Waals surface area contributed by atoms with Crippen molar-refractivity contribution in [3.8, 4) is 0 Å². The molecule has 2 amide bonds. The molecule has 0 atom stereocenters. The number of rotatable bonds is 6. The number of nitrogens with one attached hydrogen (secondary N) is 1.